The number of para-hydroxylation sites is 2. The van der Waals surface area contributed by atoms with E-state index in [1.807, 2.05) is 113 Å². The number of rotatable bonds is 18. The molecule has 2 heterocycles. The average Bonchev–Trinajstić information content (AvgIpc) is 3.37. The molecule has 8 rings (SSSR count). The first-order chi connectivity index (χ1) is 34.8. The van der Waals surface area contributed by atoms with Crippen LogP contribution in [-0.2, 0) is 9.59 Å². The van der Waals surface area contributed by atoms with Crippen molar-refractivity contribution in [2.24, 2.45) is 0 Å². The summed E-state index contributed by atoms with van der Waals surface area (Å²) in [7, 11) is 0. The molecule has 0 aliphatic carbocycles. The lowest BCUT2D eigenvalue weighted by Gasteiger charge is -2.34. The summed E-state index contributed by atoms with van der Waals surface area (Å²) >= 11 is 0. The van der Waals surface area contributed by atoms with Crippen molar-refractivity contribution in [3.8, 4) is 0 Å². The van der Waals surface area contributed by atoms with Gasteiger partial charge in [0.2, 0.25) is 11.8 Å². The van der Waals surface area contributed by atoms with Gasteiger partial charge in [-0.1, -0.05) is 84.9 Å². The van der Waals surface area contributed by atoms with Crippen molar-refractivity contribution in [3.05, 3.63) is 201 Å². The summed E-state index contributed by atoms with van der Waals surface area (Å²) in [6.45, 7) is 17.9. The molecule has 6 aromatic rings. The largest absolute Gasteiger partial charge is 0.324 e. The molecule has 2 N–H and O–H groups in total. The highest BCUT2D eigenvalue weighted by Gasteiger charge is 2.23. The van der Waals surface area contributed by atoms with Crippen LogP contribution in [0.25, 0.3) is 0 Å². The fourth-order valence-corrected chi connectivity index (χ4v) is 10.00. The molecule has 12 heteroatoms. The summed E-state index contributed by atoms with van der Waals surface area (Å²) in [4.78, 5) is 34.5. The van der Waals surface area contributed by atoms with Gasteiger partial charge in [-0.05, 0) is 160 Å². The molecule has 0 bridgehead atoms. The fourth-order valence-electron chi connectivity index (χ4n) is 10.00. The minimum Gasteiger partial charge on any atom is -0.324 e. The zero-order valence-corrected chi connectivity index (χ0v) is 42.3. The maximum atomic E-state index is 13.5. The summed E-state index contributed by atoms with van der Waals surface area (Å²) in [6.07, 6.45) is 3.75. The van der Waals surface area contributed by atoms with Gasteiger partial charge in [-0.15, -0.1) is 0 Å². The molecule has 6 aromatic carbocycles. The highest BCUT2D eigenvalue weighted by atomic mass is 19.1. The zero-order valence-electron chi connectivity index (χ0n) is 42.3. The Hall–Kier alpha value is -6.18. The predicted molar refractivity (Wildman–Crippen MR) is 283 cm³/mol. The van der Waals surface area contributed by atoms with Gasteiger partial charge in [-0.25, -0.2) is 17.6 Å². The number of nitrogens with zero attached hydrogens (tertiary/aromatic N) is 4. The first kappa shape index (κ1) is 53.6. The van der Waals surface area contributed by atoms with E-state index in [4.69, 9.17) is 0 Å². The SMILES string of the molecule is Cc1cccc(C)c1NC(=O)CN1CCN(CCCC(c2ccc(F)cc2)c2ccc(F)cc2)CC1.Cc1cccc(C)c1NC(=O)CN1CCN(CCCC(c2ccc(F)cc2)c2ccc(F)cc2)CC1. The van der Waals surface area contributed by atoms with E-state index in [0.29, 0.717) is 13.1 Å². The van der Waals surface area contributed by atoms with Crippen LogP contribution in [0.2, 0.25) is 0 Å². The molecule has 2 amide bonds. The molecule has 0 unspecified atom stereocenters. The number of carbonyl (C=O) groups is 2. The first-order valence-electron chi connectivity index (χ1n) is 25.4. The van der Waals surface area contributed by atoms with Crippen LogP contribution in [0, 0.1) is 51.0 Å². The third-order valence-electron chi connectivity index (χ3n) is 14.2. The van der Waals surface area contributed by atoms with Gasteiger partial charge in [0.15, 0.2) is 0 Å². The van der Waals surface area contributed by atoms with Crippen LogP contribution in [0.1, 0.15) is 82.0 Å². The van der Waals surface area contributed by atoms with Crippen molar-refractivity contribution < 1.29 is 27.2 Å². The number of nitrogens with one attached hydrogen (secondary N) is 2. The van der Waals surface area contributed by atoms with Gasteiger partial charge in [0.25, 0.3) is 0 Å². The lowest BCUT2D eigenvalue weighted by molar-refractivity contribution is -0.118. The van der Waals surface area contributed by atoms with Crippen LogP contribution in [-0.4, -0.2) is 110 Å². The van der Waals surface area contributed by atoms with Gasteiger partial charge in [-0.2, -0.15) is 0 Å². The third kappa shape index (κ3) is 15.9. The van der Waals surface area contributed by atoms with Crippen molar-refractivity contribution >= 4 is 23.2 Å². The van der Waals surface area contributed by atoms with Crippen molar-refractivity contribution in [1.82, 2.24) is 19.6 Å². The zero-order chi connectivity index (χ0) is 51.0. The Morgan fingerprint density at radius 1 is 0.403 bits per heavy atom. The molecule has 380 valence electrons. The molecule has 0 saturated carbocycles. The monoisotopic (exact) mass is 983 g/mol. The molecule has 0 radical (unpaired) electrons. The Labute approximate surface area is 424 Å². The van der Waals surface area contributed by atoms with E-state index >= 15 is 0 Å². The van der Waals surface area contributed by atoms with Crippen LogP contribution < -0.4 is 10.6 Å². The number of hydrogen-bond acceptors (Lipinski definition) is 6. The van der Waals surface area contributed by atoms with Gasteiger partial charge < -0.3 is 20.4 Å². The molecule has 0 atom stereocenters. The topological polar surface area (TPSA) is 71.2 Å². The van der Waals surface area contributed by atoms with E-state index in [9.17, 15) is 27.2 Å². The van der Waals surface area contributed by atoms with Crippen LogP contribution in [0.5, 0.6) is 0 Å². The minimum absolute atomic E-state index is 0.0299. The number of piperazine rings is 2. The molecule has 2 fully saturated rings. The quantitative estimate of drug-likeness (QED) is 0.0836. The minimum atomic E-state index is -0.253. The molecule has 0 aromatic heterocycles. The van der Waals surface area contributed by atoms with E-state index in [1.165, 1.54) is 48.5 Å². The Kier molecular flexibility index (Phi) is 19.7. The summed E-state index contributed by atoms with van der Waals surface area (Å²) in [5.41, 5.74) is 10.3. The van der Waals surface area contributed by atoms with E-state index in [2.05, 4.69) is 30.2 Å². The molecule has 2 aliphatic rings. The third-order valence-corrected chi connectivity index (χ3v) is 14.2. The summed E-state index contributed by atoms with van der Waals surface area (Å²) in [5, 5.41) is 6.16. The maximum absolute atomic E-state index is 13.5. The number of aryl methyl sites for hydroxylation is 4. The van der Waals surface area contributed by atoms with Crippen LogP contribution in [0.15, 0.2) is 133 Å². The number of benzene rings is 6. The molecular weight excluding hydrogens is 913 g/mol. The lowest BCUT2D eigenvalue weighted by atomic mass is 9.87. The van der Waals surface area contributed by atoms with Crippen molar-refractivity contribution in [2.45, 2.75) is 65.2 Å². The molecule has 2 aliphatic heterocycles. The van der Waals surface area contributed by atoms with E-state index < -0.39 is 0 Å². The van der Waals surface area contributed by atoms with Gasteiger partial charge in [0.05, 0.1) is 13.1 Å². The highest BCUT2D eigenvalue weighted by Crippen LogP contribution is 2.32. The summed E-state index contributed by atoms with van der Waals surface area (Å²) in [5.74, 6) is -0.754. The second-order valence-corrected chi connectivity index (χ2v) is 19.5. The van der Waals surface area contributed by atoms with Gasteiger partial charge in [-0.3, -0.25) is 19.4 Å². The maximum Gasteiger partial charge on any atom is 0.238 e. The lowest BCUT2D eigenvalue weighted by Crippen LogP contribution is -2.48. The number of amides is 2. The molecule has 0 spiro atoms. The average molecular weight is 983 g/mol. The Balaban J connectivity index is 0.000000211. The van der Waals surface area contributed by atoms with Crippen molar-refractivity contribution in [3.63, 3.8) is 0 Å². The standard InChI is InChI=1S/2C30H35F2N3O/c2*1-22-5-3-6-23(2)30(22)33-29(36)21-35-19-17-34(18-20-35)16-4-7-28(24-8-12-26(31)13-9-24)25-10-14-27(32)15-11-25/h2*3,5-6,8-15,28H,4,7,16-21H2,1-2H3,(H,33,36). The number of hydrogen-bond donors (Lipinski definition) is 2. The molecule has 72 heavy (non-hydrogen) atoms. The normalized spacial score (nSPS) is 14.8. The van der Waals surface area contributed by atoms with E-state index in [0.717, 1.165) is 147 Å². The van der Waals surface area contributed by atoms with Gasteiger partial charge in [0.1, 0.15) is 23.3 Å². The fraction of sp³-hybridized carbons (Fsp3) is 0.367. The molecule has 8 nitrogen and oxygen atoms in total. The predicted octanol–water partition coefficient (Wildman–Crippen LogP) is 11.5. The number of anilines is 2. The number of halogens is 4. The van der Waals surface area contributed by atoms with Crippen LogP contribution in [0.3, 0.4) is 0 Å². The second-order valence-electron chi connectivity index (χ2n) is 19.5. The van der Waals surface area contributed by atoms with Crippen LogP contribution in [0.4, 0.5) is 28.9 Å². The Morgan fingerprint density at radius 2 is 0.653 bits per heavy atom. The van der Waals surface area contributed by atoms with E-state index in [1.54, 1.807) is 0 Å². The van der Waals surface area contributed by atoms with Crippen molar-refractivity contribution in [1.29, 1.82) is 0 Å². The highest BCUT2D eigenvalue weighted by molar-refractivity contribution is 5.94. The first-order valence-corrected chi connectivity index (χ1v) is 25.4. The Morgan fingerprint density at radius 3 is 0.917 bits per heavy atom. The summed E-state index contributed by atoms with van der Waals surface area (Å²) < 4.78 is 53.9. The molecule has 2 saturated heterocycles. The van der Waals surface area contributed by atoms with Gasteiger partial charge in [0, 0.05) is 75.6 Å². The van der Waals surface area contributed by atoms with Crippen molar-refractivity contribution in [2.75, 3.05) is 89.2 Å². The van der Waals surface area contributed by atoms with Gasteiger partial charge >= 0.3 is 0 Å². The second kappa shape index (κ2) is 26.5. The van der Waals surface area contributed by atoms with Crippen LogP contribution >= 0.6 is 0 Å². The summed E-state index contributed by atoms with van der Waals surface area (Å²) in [6, 6.07) is 38.6. The molecular formula is C60H70F4N6O2. The smallest absolute Gasteiger partial charge is 0.238 e. The Bertz CT molecular complexity index is 2330. The van der Waals surface area contributed by atoms with E-state index in [-0.39, 0.29) is 46.9 Å². The number of carbonyl (C=O) groups excluding carboxylic acids is 2.